The summed E-state index contributed by atoms with van der Waals surface area (Å²) in [5, 5.41) is 0. The van der Waals surface area contributed by atoms with E-state index >= 15 is 0 Å². The fourth-order valence-corrected chi connectivity index (χ4v) is 1.21. The Hall–Kier alpha value is -0.306. The summed E-state index contributed by atoms with van der Waals surface area (Å²) in [6.45, 7) is 5.12. The minimum absolute atomic E-state index is 0.103. The number of esters is 1. The van der Waals surface area contributed by atoms with E-state index in [0.717, 1.165) is 0 Å². The third kappa shape index (κ3) is 19.3. The quantitative estimate of drug-likeness (QED) is 0.346. The van der Waals surface area contributed by atoms with Crippen molar-refractivity contribution in [3.8, 4) is 0 Å². The molecule has 0 aliphatic heterocycles. The zero-order valence-corrected chi connectivity index (χ0v) is 11.2. The number of hydrogen-bond acceptors (Lipinski definition) is 7. The molecule has 96 valence electrons. The molecule has 0 saturated heterocycles. The summed E-state index contributed by atoms with van der Waals surface area (Å²) in [5.74, 6) is -0.599. The molecule has 3 N–H and O–H groups in total. The second-order valence-electron chi connectivity index (χ2n) is 2.69. The first-order valence-corrected chi connectivity index (χ1v) is 7.42. The predicted octanol–water partition coefficient (Wildman–Crippen LogP) is -0.658. The monoisotopic (exact) mass is 274 g/mol. The summed E-state index contributed by atoms with van der Waals surface area (Å²) in [6.07, 6.45) is -0.103. The molecule has 0 aliphatic rings. The predicted molar refractivity (Wildman–Crippen MR) is 50.2 cm³/mol. The van der Waals surface area contributed by atoms with Crippen LogP contribution >= 0.6 is 0 Å². The van der Waals surface area contributed by atoms with Crippen molar-refractivity contribution in [2.45, 2.75) is 27.2 Å². The van der Waals surface area contributed by atoms with Crippen molar-refractivity contribution in [3.63, 3.8) is 0 Å². The zero-order valence-electron chi connectivity index (χ0n) is 9.60. The summed E-state index contributed by atoms with van der Waals surface area (Å²) in [6, 6.07) is 0. The summed E-state index contributed by atoms with van der Waals surface area (Å²) in [7, 11) is 0. The van der Waals surface area contributed by atoms with Crippen LogP contribution in [0.3, 0.4) is 0 Å². The average Bonchev–Trinajstić information content (AvgIpc) is 2.01. The van der Waals surface area contributed by atoms with Crippen LogP contribution in [0.1, 0.15) is 27.2 Å². The van der Waals surface area contributed by atoms with Gasteiger partial charge in [0.25, 0.3) is 0 Å². The molecule has 16 heavy (non-hydrogen) atoms. The zero-order chi connectivity index (χ0) is 13.2. The van der Waals surface area contributed by atoms with E-state index in [2.05, 4.69) is 8.06 Å². The standard InChI is InChI=1S/C6H10O3.C2H5O.3H2O.Ti/c1-3-9-6(8)4-5(2)7;1-2-3;;;;/h3-4H2,1-2H3;2H2,1H3;3*1H2;/q;-1;;;;+4/p-3. The van der Waals surface area contributed by atoms with Gasteiger partial charge in [-0.1, -0.05) is 0 Å². The van der Waals surface area contributed by atoms with Crippen molar-refractivity contribution in [2.75, 3.05) is 13.2 Å². The molecule has 0 amide bonds. The van der Waals surface area contributed by atoms with E-state index in [0.29, 0.717) is 6.61 Å². The van der Waals surface area contributed by atoms with Gasteiger partial charge in [-0.3, -0.25) is 9.59 Å². The molecule has 0 unspecified atom stereocenters. The van der Waals surface area contributed by atoms with Gasteiger partial charge in [-0.2, -0.15) is 0 Å². The van der Waals surface area contributed by atoms with Gasteiger partial charge >= 0.3 is 52.0 Å². The molecule has 8 heteroatoms. The molecule has 0 bridgehead atoms. The minimum atomic E-state index is -4.58. The molecular formula is C8H18O7Ti. The Morgan fingerprint density at radius 2 is 1.62 bits per heavy atom. The molecule has 0 rings (SSSR count). The fraction of sp³-hybridized carbons (Fsp3) is 0.750. The normalized spacial score (nSPS) is 10.1. The maximum atomic E-state index is 10.4. The third-order valence-electron chi connectivity index (χ3n) is 1.04. The van der Waals surface area contributed by atoms with Crippen molar-refractivity contribution in [3.05, 3.63) is 0 Å². The van der Waals surface area contributed by atoms with Crippen molar-refractivity contribution < 1.29 is 46.8 Å². The Labute approximate surface area is 99.3 Å². The number of ether oxygens (including phenoxy) is 1. The van der Waals surface area contributed by atoms with E-state index in [9.17, 15) is 9.59 Å². The Morgan fingerprint density at radius 3 is 1.81 bits per heavy atom. The van der Waals surface area contributed by atoms with Gasteiger partial charge in [-0.25, -0.2) is 0 Å². The SMILES string of the molecule is CCOC(=O)CC(C)=O.CC[O][Ti]([OH])([OH])[OH]. The van der Waals surface area contributed by atoms with Gasteiger partial charge < -0.3 is 4.74 Å². The van der Waals surface area contributed by atoms with E-state index in [1.54, 1.807) is 13.8 Å². The molecule has 0 aliphatic carbocycles. The number of carbonyl (C=O) groups excluding carboxylic acids is 2. The van der Waals surface area contributed by atoms with Crippen LogP contribution in [-0.4, -0.2) is 36.0 Å². The number of Topliss-reactive ketones (excluding diaryl/α,β-unsaturated/α-hetero) is 1. The van der Waals surface area contributed by atoms with Crippen LogP contribution in [0.15, 0.2) is 0 Å². The molecular weight excluding hydrogens is 256 g/mol. The van der Waals surface area contributed by atoms with Crippen LogP contribution in [-0.2, 0) is 35.8 Å². The summed E-state index contributed by atoms with van der Waals surface area (Å²) >= 11 is -4.58. The molecule has 0 spiro atoms. The Balaban J connectivity index is 0. The molecule has 0 radical (unpaired) electrons. The van der Waals surface area contributed by atoms with Crippen molar-refractivity contribution >= 4 is 11.8 Å². The Bertz CT molecular complexity index is 211. The Kier molecular flexibility index (Phi) is 11.2. The molecule has 0 aromatic carbocycles. The molecule has 7 nitrogen and oxygen atoms in total. The molecule has 0 fully saturated rings. The fourth-order valence-electron chi connectivity index (χ4n) is 0.609. The van der Waals surface area contributed by atoms with Gasteiger partial charge in [-0.15, -0.1) is 0 Å². The van der Waals surface area contributed by atoms with Crippen LogP contribution in [0.4, 0.5) is 0 Å². The van der Waals surface area contributed by atoms with Crippen molar-refractivity contribution in [2.24, 2.45) is 0 Å². The molecule has 0 atom stereocenters. The van der Waals surface area contributed by atoms with Gasteiger partial charge in [0.1, 0.15) is 12.2 Å². The third-order valence-corrected chi connectivity index (χ3v) is 2.09. The average molecular weight is 274 g/mol. The van der Waals surface area contributed by atoms with E-state index in [-0.39, 0.29) is 18.8 Å². The van der Waals surface area contributed by atoms with Crippen LogP contribution in [0.5, 0.6) is 0 Å². The van der Waals surface area contributed by atoms with Gasteiger partial charge in [-0.05, 0) is 13.8 Å². The van der Waals surface area contributed by atoms with Gasteiger partial charge in [0.05, 0.1) is 6.61 Å². The number of carbonyl (C=O) groups is 2. The second-order valence-corrected chi connectivity index (χ2v) is 4.93. The van der Waals surface area contributed by atoms with Crippen molar-refractivity contribution in [1.82, 2.24) is 0 Å². The van der Waals surface area contributed by atoms with E-state index in [1.807, 2.05) is 0 Å². The first-order valence-electron chi connectivity index (χ1n) is 4.69. The first kappa shape index (κ1) is 18.1. The molecule has 0 heterocycles. The van der Waals surface area contributed by atoms with Gasteiger partial charge in [0.15, 0.2) is 0 Å². The van der Waals surface area contributed by atoms with Crippen molar-refractivity contribution in [1.29, 1.82) is 0 Å². The van der Waals surface area contributed by atoms with E-state index in [1.165, 1.54) is 6.92 Å². The molecule has 0 saturated carbocycles. The summed E-state index contributed by atoms with van der Waals surface area (Å²) in [5.41, 5.74) is 0. The van der Waals surface area contributed by atoms with Gasteiger partial charge in [0, 0.05) is 0 Å². The van der Waals surface area contributed by atoms with E-state index in [4.69, 9.17) is 11.1 Å². The van der Waals surface area contributed by atoms with E-state index < -0.39 is 24.1 Å². The summed E-state index contributed by atoms with van der Waals surface area (Å²) < 4.78 is 32.9. The second kappa shape index (κ2) is 9.89. The molecule has 0 aromatic heterocycles. The number of rotatable bonds is 5. The molecule has 0 aromatic rings. The van der Waals surface area contributed by atoms with Crippen LogP contribution in [0.25, 0.3) is 0 Å². The van der Waals surface area contributed by atoms with Crippen LogP contribution in [0.2, 0.25) is 0 Å². The van der Waals surface area contributed by atoms with Crippen LogP contribution < -0.4 is 0 Å². The number of ketones is 1. The topological polar surface area (TPSA) is 113 Å². The summed E-state index contributed by atoms with van der Waals surface area (Å²) in [4.78, 5) is 20.6. The number of hydrogen-bond donors (Lipinski definition) is 3. The maximum absolute atomic E-state index is 10.4. The van der Waals surface area contributed by atoms with Crippen LogP contribution in [0, 0.1) is 0 Å². The first-order chi connectivity index (χ1) is 7.22. The van der Waals surface area contributed by atoms with Gasteiger partial charge in [0.2, 0.25) is 0 Å². The Morgan fingerprint density at radius 1 is 1.12 bits per heavy atom.